The largest absolute Gasteiger partial charge is 0.479 e. The maximum atomic E-state index is 11.3. The molecule has 0 fully saturated rings. The number of carboxylic acids is 1. The first-order valence-corrected chi connectivity index (χ1v) is 11.0. The first-order chi connectivity index (χ1) is 12.9. The highest BCUT2D eigenvalue weighted by atomic mass is 16.5. The third-order valence-corrected chi connectivity index (χ3v) is 4.83. The van der Waals surface area contributed by atoms with Gasteiger partial charge in [-0.05, 0) is 12.3 Å². The van der Waals surface area contributed by atoms with Gasteiger partial charge in [0.1, 0.15) is 0 Å². The fraction of sp³-hybridized carbons (Fsp3) is 0.909. The van der Waals surface area contributed by atoms with Gasteiger partial charge in [0.2, 0.25) is 0 Å². The molecule has 0 aliphatic rings. The molecule has 0 radical (unpaired) electrons. The number of aliphatic carboxylic acids is 1. The summed E-state index contributed by atoms with van der Waals surface area (Å²) in [5.41, 5.74) is 0. The summed E-state index contributed by atoms with van der Waals surface area (Å²) in [6.45, 7) is 4.90. The normalized spacial score (nSPS) is 12.3. The molecular weight excluding hydrogens is 344 g/mol. The Balaban J connectivity index is 3.19. The fourth-order valence-electron chi connectivity index (χ4n) is 3.09. The van der Waals surface area contributed by atoms with Gasteiger partial charge in [-0.25, -0.2) is 4.79 Å². The Kier molecular flexibility index (Phi) is 17.5. The summed E-state index contributed by atoms with van der Waals surface area (Å²) in [6, 6.07) is 0. The van der Waals surface area contributed by atoms with E-state index in [2.05, 4.69) is 13.8 Å². The average molecular weight is 387 g/mol. The molecule has 0 heterocycles. The number of rotatable bonds is 19. The number of carbonyl (C=O) groups excluding carboxylic acids is 1. The first kappa shape index (κ1) is 25.9. The van der Waals surface area contributed by atoms with E-state index in [0.717, 1.165) is 25.2 Å². The average Bonchev–Trinajstić information content (AvgIpc) is 2.60. The first-order valence-electron chi connectivity index (χ1n) is 11.0. The van der Waals surface area contributed by atoms with Crippen molar-refractivity contribution in [2.24, 2.45) is 5.92 Å². The van der Waals surface area contributed by atoms with Crippen LogP contribution in [-0.4, -0.2) is 34.9 Å². The lowest BCUT2D eigenvalue weighted by molar-refractivity contribution is -0.155. The molecule has 1 unspecified atom stereocenters. The van der Waals surface area contributed by atoms with Gasteiger partial charge in [-0.15, -0.1) is 0 Å². The van der Waals surface area contributed by atoms with Gasteiger partial charge in [-0.3, -0.25) is 4.79 Å². The molecule has 160 valence electrons. The summed E-state index contributed by atoms with van der Waals surface area (Å²) in [5.74, 6) is -1.20. The lowest BCUT2D eigenvalue weighted by Crippen LogP contribution is -2.24. The number of carboxylic acid groups (broad SMARTS) is 1. The van der Waals surface area contributed by atoms with Gasteiger partial charge in [0.15, 0.2) is 6.10 Å². The topological polar surface area (TPSA) is 83.8 Å². The van der Waals surface area contributed by atoms with Crippen molar-refractivity contribution in [3.63, 3.8) is 0 Å². The summed E-state index contributed by atoms with van der Waals surface area (Å²) in [7, 11) is 0. The monoisotopic (exact) mass is 386 g/mol. The molecule has 0 saturated carbocycles. The predicted octanol–water partition coefficient (Wildman–Crippen LogP) is 5.48. The molecule has 0 bridgehead atoms. The van der Waals surface area contributed by atoms with Crippen LogP contribution in [0.5, 0.6) is 0 Å². The minimum Gasteiger partial charge on any atom is -0.479 e. The van der Waals surface area contributed by atoms with Crippen LogP contribution in [-0.2, 0) is 14.3 Å². The Bertz CT molecular complexity index is 368. The van der Waals surface area contributed by atoms with Crippen LogP contribution in [0.2, 0.25) is 0 Å². The molecule has 0 aromatic rings. The van der Waals surface area contributed by atoms with Crippen LogP contribution in [0.4, 0.5) is 0 Å². The summed E-state index contributed by atoms with van der Waals surface area (Å²) in [4.78, 5) is 21.7. The molecule has 0 aromatic carbocycles. The zero-order valence-corrected chi connectivity index (χ0v) is 17.6. The molecule has 5 heteroatoms. The van der Waals surface area contributed by atoms with Crippen molar-refractivity contribution in [2.45, 2.75) is 116 Å². The number of aliphatic hydroxyl groups is 1. The zero-order chi connectivity index (χ0) is 20.3. The van der Waals surface area contributed by atoms with Crippen LogP contribution in [0.25, 0.3) is 0 Å². The summed E-state index contributed by atoms with van der Waals surface area (Å²) >= 11 is 0. The highest BCUT2D eigenvalue weighted by Crippen LogP contribution is 2.14. The summed E-state index contributed by atoms with van der Waals surface area (Å²) in [6.07, 6.45) is 15.7. The molecule has 0 aliphatic carbocycles. The van der Waals surface area contributed by atoms with Crippen molar-refractivity contribution in [1.29, 1.82) is 0 Å². The second-order valence-electron chi connectivity index (χ2n) is 8.06. The van der Waals surface area contributed by atoms with Gasteiger partial charge in [0.05, 0.1) is 13.0 Å². The quantitative estimate of drug-likeness (QED) is 0.227. The lowest BCUT2D eigenvalue weighted by atomic mass is 10.0. The zero-order valence-electron chi connectivity index (χ0n) is 17.6. The second-order valence-corrected chi connectivity index (χ2v) is 8.06. The van der Waals surface area contributed by atoms with Gasteiger partial charge < -0.3 is 14.9 Å². The van der Waals surface area contributed by atoms with Crippen molar-refractivity contribution in [3.05, 3.63) is 0 Å². The van der Waals surface area contributed by atoms with E-state index in [9.17, 15) is 9.59 Å². The van der Waals surface area contributed by atoms with E-state index in [1.807, 2.05) is 0 Å². The molecular formula is C22H42O5. The number of aliphatic hydroxyl groups excluding tert-OH is 1. The van der Waals surface area contributed by atoms with Crippen molar-refractivity contribution in [1.82, 2.24) is 0 Å². The third-order valence-electron chi connectivity index (χ3n) is 4.83. The molecule has 0 aromatic heterocycles. The van der Waals surface area contributed by atoms with E-state index in [0.29, 0.717) is 6.61 Å². The van der Waals surface area contributed by atoms with E-state index in [-0.39, 0.29) is 0 Å². The maximum Gasteiger partial charge on any atom is 0.333 e. The number of hydrogen-bond donors (Lipinski definition) is 2. The molecule has 1 atom stereocenters. The van der Waals surface area contributed by atoms with E-state index in [1.54, 1.807) is 0 Å². The minimum atomic E-state index is -1.66. The van der Waals surface area contributed by atoms with Crippen LogP contribution >= 0.6 is 0 Å². The molecule has 0 rings (SSSR count). The maximum absolute atomic E-state index is 11.3. The van der Waals surface area contributed by atoms with Crippen LogP contribution in [0.1, 0.15) is 110 Å². The van der Waals surface area contributed by atoms with E-state index < -0.39 is 24.5 Å². The van der Waals surface area contributed by atoms with E-state index in [4.69, 9.17) is 14.9 Å². The highest BCUT2D eigenvalue weighted by molar-refractivity contribution is 5.80. The molecule has 2 N–H and O–H groups in total. The van der Waals surface area contributed by atoms with Crippen molar-refractivity contribution >= 4 is 11.9 Å². The van der Waals surface area contributed by atoms with Gasteiger partial charge in [0, 0.05) is 0 Å². The number of ether oxygens (including phenoxy) is 1. The molecule has 0 spiro atoms. The Labute approximate surface area is 165 Å². The molecule has 27 heavy (non-hydrogen) atoms. The SMILES string of the molecule is CC(C)CCCCCCCCCCCCCCCOC(=O)CC(O)C(=O)O. The standard InChI is InChI=1S/C22H42O5/c1-19(2)16-14-12-10-8-6-4-3-5-7-9-11-13-15-17-27-21(24)18-20(23)22(25)26/h19-20,23H,3-18H2,1-2H3,(H,25,26). The highest BCUT2D eigenvalue weighted by Gasteiger charge is 2.18. The molecule has 0 amide bonds. The van der Waals surface area contributed by atoms with Crippen molar-refractivity contribution in [3.8, 4) is 0 Å². The smallest absolute Gasteiger partial charge is 0.333 e. The van der Waals surface area contributed by atoms with Gasteiger partial charge in [-0.1, -0.05) is 97.3 Å². The number of unbranched alkanes of at least 4 members (excludes halogenated alkanes) is 12. The van der Waals surface area contributed by atoms with Crippen LogP contribution in [0.3, 0.4) is 0 Å². The van der Waals surface area contributed by atoms with Crippen LogP contribution < -0.4 is 0 Å². The van der Waals surface area contributed by atoms with E-state index in [1.165, 1.54) is 70.6 Å². The van der Waals surface area contributed by atoms with Gasteiger partial charge >= 0.3 is 11.9 Å². The van der Waals surface area contributed by atoms with Crippen molar-refractivity contribution < 1.29 is 24.5 Å². The second kappa shape index (κ2) is 18.3. The third kappa shape index (κ3) is 19.5. The molecule has 5 nitrogen and oxygen atoms in total. The van der Waals surface area contributed by atoms with Crippen LogP contribution in [0.15, 0.2) is 0 Å². The van der Waals surface area contributed by atoms with E-state index >= 15 is 0 Å². The number of carbonyl (C=O) groups is 2. The predicted molar refractivity (Wildman–Crippen MR) is 109 cm³/mol. The summed E-state index contributed by atoms with van der Waals surface area (Å²) < 4.78 is 4.92. The van der Waals surface area contributed by atoms with Gasteiger partial charge in [0.25, 0.3) is 0 Å². The molecule has 0 saturated heterocycles. The van der Waals surface area contributed by atoms with Crippen molar-refractivity contribution in [2.75, 3.05) is 6.61 Å². The Morgan fingerprint density at radius 1 is 0.741 bits per heavy atom. The van der Waals surface area contributed by atoms with Crippen LogP contribution in [0, 0.1) is 5.92 Å². The number of hydrogen-bond acceptors (Lipinski definition) is 4. The Hall–Kier alpha value is -1.10. The minimum absolute atomic E-state index is 0.308. The fourth-order valence-corrected chi connectivity index (χ4v) is 3.09. The van der Waals surface area contributed by atoms with Gasteiger partial charge in [-0.2, -0.15) is 0 Å². The summed E-state index contributed by atoms with van der Waals surface area (Å²) in [5, 5.41) is 17.5. The lowest BCUT2D eigenvalue weighted by Gasteiger charge is -2.07. The Morgan fingerprint density at radius 3 is 1.56 bits per heavy atom. The number of esters is 1. The Morgan fingerprint density at radius 2 is 1.15 bits per heavy atom. The molecule has 0 aliphatic heterocycles.